The zero-order chi connectivity index (χ0) is 9.84. The van der Waals surface area contributed by atoms with Crippen molar-refractivity contribution in [2.45, 2.75) is 6.67 Å². The highest BCUT2D eigenvalue weighted by atomic mass is 19.1. The van der Waals surface area contributed by atoms with Gasteiger partial charge in [-0.3, -0.25) is 4.79 Å². The highest BCUT2D eigenvalue weighted by molar-refractivity contribution is 6.38. The average molecular weight is 181 g/mol. The Hall–Kier alpha value is -1.71. The standard InChI is InChI=1S/C9H7FO3/c10-5-6-1-3-7(4-2-6)8(11)9(12)13/h1-4H,5H2,(H,12,13)/p-1. The summed E-state index contributed by atoms with van der Waals surface area (Å²) >= 11 is 0. The maximum absolute atomic E-state index is 12.0. The Labute approximate surface area is 73.8 Å². The van der Waals surface area contributed by atoms with Crippen molar-refractivity contribution in [2.75, 3.05) is 0 Å². The smallest absolute Gasteiger partial charge is 0.208 e. The summed E-state index contributed by atoms with van der Waals surface area (Å²) in [6.45, 7) is -0.639. The van der Waals surface area contributed by atoms with Crippen LogP contribution in [0.5, 0.6) is 0 Å². The number of carbonyl (C=O) groups excluding carboxylic acids is 2. The largest absolute Gasteiger partial charge is 0.541 e. The number of hydrogen-bond donors (Lipinski definition) is 0. The molecule has 3 nitrogen and oxygen atoms in total. The van der Waals surface area contributed by atoms with E-state index in [0.29, 0.717) is 5.56 Å². The van der Waals surface area contributed by atoms with E-state index < -0.39 is 18.4 Å². The van der Waals surface area contributed by atoms with Gasteiger partial charge in [0.15, 0.2) is 0 Å². The highest BCUT2D eigenvalue weighted by Crippen LogP contribution is 2.05. The van der Waals surface area contributed by atoms with Crippen LogP contribution in [0, 0.1) is 0 Å². The maximum Gasteiger partial charge on any atom is 0.208 e. The van der Waals surface area contributed by atoms with Crippen LogP contribution in [0.2, 0.25) is 0 Å². The second-order valence-electron chi connectivity index (χ2n) is 2.45. The predicted molar refractivity (Wildman–Crippen MR) is 40.6 cm³/mol. The minimum absolute atomic E-state index is 0.00259. The van der Waals surface area contributed by atoms with Gasteiger partial charge in [-0.2, -0.15) is 0 Å². The Morgan fingerprint density at radius 3 is 2.15 bits per heavy atom. The third-order valence-electron chi connectivity index (χ3n) is 1.56. The lowest BCUT2D eigenvalue weighted by Gasteiger charge is -2.01. The molecule has 0 saturated heterocycles. The van der Waals surface area contributed by atoms with Gasteiger partial charge in [0.05, 0.1) is 0 Å². The molecular formula is C9H6FO3-. The second-order valence-corrected chi connectivity index (χ2v) is 2.45. The fourth-order valence-electron chi connectivity index (χ4n) is 0.863. The van der Waals surface area contributed by atoms with Crippen LogP contribution in [0.1, 0.15) is 15.9 Å². The third kappa shape index (κ3) is 2.11. The Morgan fingerprint density at radius 2 is 1.77 bits per heavy atom. The Bertz CT molecular complexity index is 329. The van der Waals surface area contributed by atoms with Gasteiger partial charge in [0.1, 0.15) is 12.6 Å². The van der Waals surface area contributed by atoms with Crippen molar-refractivity contribution in [1.82, 2.24) is 0 Å². The molecule has 0 fully saturated rings. The van der Waals surface area contributed by atoms with Crippen LogP contribution in [0.15, 0.2) is 24.3 Å². The molecule has 0 bridgehead atoms. The number of benzene rings is 1. The van der Waals surface area contributed by atoms with Gasteiger partial charge >= 0.3 is 0 Å². The summed E-state index contributed by atoms with van der Waals surface area (Å²) in [5.41, 5.74) is 0.395. The number of alkyl halides is 1. The normalized spacial score (nSPS) is 9.62. The third-order valence-corrected chi connectivity index (χ3v) is 1.56. The van der Waals surface area contributed by atoms with Gasteiger partial charge in [0.2, 0.25) is 5.78 Å². The van der Waals surface area contributed by atoms with Crippen LogP contribution < -0.4 is 5.11 Å². The van der Waals surface area contributed by atoms with E-state index in [2.05, 4.69) is 0 Å². The highest BCUT2D eigenvalue weighted by Gasteiger charge is 2.05. The van der Waals surface area contributed by atoms with E-state index in [1.807, 2.05) is 0 Å². The van der Waals surface area contributed by atoms with Crippen molar-refractivity contribution in [3.63, 3.8) is 0 Å². The molecule has 0 atom stereocenters. The lowest BCUT2D eigenvalue weighted by atomic mass is 10.1. The summed E-state index contributed by atoms with van der Waals surface area (Å²) in [5.74, 6) is -2.85. The number of ketones is 1. The molecule has 1 aromatic rings. The molecule has 0 aliphatic rings. The SMILES string of the molecule is O=C([O-])C(=O)c1ccc(CF)cc1. The molecule has 68 valence electrons. The molecule has 0 aliphatic carbocycles. The first-order chi connectivity index (χ1) is 6.15. The van der Waals surface area contributed by atoms with E-state index in [-0.39, 0.29) is 5.56 Å². The lowest BCUT2D eigenvalue weighted by molar-refractivity contribution is -0.296. The van der Waals surface area contributed by atoms with Crippen molar-refractivity contribution < 1.29 is 19.1 Å². The minimum atomic E-state index is -1.76. The summed E-state index contributed by atoms with van der Waals surface area (Å²) in [7, 11) is 0. The Morgan fingerprint density at radius 1 is 1.23 bits per heavy atom. The van der Waals surface area contributed by atoms with E-state index in [0.717, 1.165) is 0 Å². The molecule has 13 heavy (non-hydrogen) atoms. The van der Waals surface area contributed by atoms with Crippen LogP contribution >= 0.6 is 0 Å². The molecule has 1 rings (SSSR count). The van der Waals surface area contributed by atoms with Crippen molar-refractivity contribution in [2.24, 2.45) is 0 Å². The van der Waals surface area contributed by atoms with Crippen LogP contribution in [0.25, 0.3) is 0 Å². The van der Waals surface area contributed by atoms with E-state index in [1.165, 1.54) is 24.3 Å². The zero-order valence-corrected chi connectivity index (χ0v) is 6.62. The van der Waals surface area contributed by atoms with Crippen molar-refractivity contribution in [1.29, 1.82) is 0 Å². The first kappa shape index (κ1) is 9.38. The van der Waals surface area contributed by atoms with E-state index in [4.69, 9.17) is 0 Å². The number of carbonyl (C=O) groups is 2. The van der Waals surface area contributed by atoms with E-state index in [9.17, 15) is 19.1 Å². The lowest BCUT2D eigenvalue weighted by Crippen LogP contribution is -2.31. The van der Waals surface area contributed by atoms with Crippen molar-refractivity contribution >= 4 is 11.8 Å². The summed E-state index contributed by atoms with van der Waals surface area (Å²) in [4.78, 5) is 20.9. The molecular weight excluding hydrogens is 175 g/mol. The van der Waals surface area contributed by atoms with E-state index >= 15 is 0 Å². The van der Waals surface area contributed by atoms with Gasteiger partial charge in [-0.15, -0.1) is 0 Å². The molecule has 1 aromatic carbocycles. The van der Waals surface area contributed by atoms with Crippen LogP contribution in [0.4, 0.5) is 4.39 Å². The molecule has 0 aromatic heterocycles. The fraction of sp³-hybridized carbons (Fsp3) is 0.111. The second kappa shape index (κ2) is 3.80. The van der Waals surface area contributed by atoms with Gasteiger partial charge in [-0.25, -0.2) is 4.39 Å². The van der Waals surface area contributed by atoms with Crippen LogP contribution in [-0.4, -0.2) is 11.8 Å². The molecule has 0 N–H and O–H groups in total. The summed E-state index contributed by atoms with van der Waals surface area (Å²) < 4.78 is 12.0. The summed E-state index contributed by atoms with van der Waals surface area (Å²) in [6, 6.07) is 5.23. The van der Waals surface area contributed by atoms with Gasteiger partial charge in [0, 0.05) is 5.56 Å². The first-order valence-corrected chi connectivity index (χ1v) is 3.55. The molecule has 0 amide bonds. The number of aliphatic carboxylic acids is 1. The van der Waals surface area contributed by atoms with Crippen molar-refractivity contribution in [3.05, 3.63) is 35.4 Å². The minimum Gasteiger partial charge on any atom is -0.541 e. The Kier molecular flexibility index (Phi) is 2.74. The van der Waals surface area contributed by atoms with Gasteiger partial charge < -0.3 is 9.90 Å². The topological polar surface area (TPSA) is 57.2 Å². The molecule has 0 saturated carbocycles. The maximum atomic E-state index is 12.0. The van der Waals surface area contributed by atoms with Crippen LogP contribution in [0.3, 0.4) is 0 Å². The summed E-state index contributed by atoms with van der Waals surface area (Å²) in [5, 5.41) is 10.1. The molecule has 0 radical (unpaired) electrons. The average Bonchev–Trinajstić information content (AvgIpc) is 2.17. The monoisotopic (exact) mass is 181 g/mol. The molecule has 4 heteroatoms. The quantitative estimate of drug-likeness (QED) is 0.490. The number of rotatable bonds is 3. The zero-order valence-electron chi connectivity index (χ0n) is 6.62. The number of Topliss-reactive ketones (excluding diaryl/α,β-unsaturated/α-hetero) is 1. The van der Waals surface area contributed by atoms with Gasteiger partial charge in [0.25, 0.3) is 0 Å². The van der Waals surface area contributed by atoms with E-state index in [1.54, 1.807) is 0 Å². The fourth-order valence-corrected chi connectivity index (χ4v) is 0.863. The first-order valence-electron chi connectivity index (χ1n) is 3.55. The number of halogens is 1. The Balaban J connectivity index is 2.92. The number of carboxylic acid groups (broad SMARTS) is 1. The predicted octanol–water partition coefficient (Wildman–Crippen LogP) is 0.0887. The molecule has 0 unspecified atom stereocenters. The number of hydrogen-bond acceptors (Lipinski definition) is 3. The van der Waals surface area contributed by atoms with Gasteiger partial charge in [-0.1, -0.05) is 24.3 Å². The molecule has 0 aliphatic heterocycles. The van der Waals surface area contributed by atoms with Gasteiger partial charge in [-0.05, 0) is 5.56 Å². The molecule has 0 heterocycles. The number of carboxylic acids is 1. The summed E-state index contributed by atoms with van der Waals surface area (Å²) in [6.07, 6.45) is 0. The molecule has 0 spiro atoms. The van der Waals surface area contributed by atoms with Crippen LogP contribution in [-0.2, 0) is 11.5 Å². The van der Waals surface area contributed by atoms with Crippen molar-refractivity contribution in [3.8, 4) is 0 Å².